The van der Waals surface area contributed by atoms with Gasteiger partial charge in [-0.3, -0.25) is 4.79 Å². The first kappa shape index (κ1) is 52.5. The molecule has 378 valence electrons. The van der Waals surface area contributed by atoms with Gasteiger partial charge in [0.1, 0.15) is 41.2 Å². The normalized spacial score (nSPS) is 46.6. The Morgan fingerprint density at radius 3 is 2.31 bits per heavy atom. The van der Waals surface area contributed by atoms with E-state index in [1.54, 1.807) is 33.1 Å². The molecular weight excluding hydrogens is 889 g/mol. The fraction of sp³-hybridized carbons (Fsp3) is 0.780. The number of ether oxygens (including phenoxy) is 10. The number of rotatable bonds is 11. The van der Waals surface area contributed by atoms with Gasteiger partial charge in [-0.15, -0.1) is 0 Å². The first-order chi connectivity index (χ1) is 31.8. The Kier molecular flexibility index (Phi) is 16.9. The molecule has 0 aromatic heterocycles. The number of methoxy groups -OCH3 is 2. The lowest BCUT2D eigenvalue weighted by Gasteiger charge is -2.48. The van der Waals surface area contributed by atoms with E-state index in [1.165, 1.54) is 7.11 Å². The van der Waals surface area contributed by atoms with Crippen molar-refractivity contribution in [1.29, 1.82) is 0 Å². The summed E-state index contributed by atoms with van der Waals surface area (Å²) in [6.45, 7) is 15.3. The molecule has 4 saturated heterocycles. The molecular formula is C50H76O16S. The summed E-state index contributed by atoms with van der Waals surface area (Å²) in [5.41, 5.74) is 0.0231. The van der Waals surface area contributed by atoms with E-state index in [4.69, 9.17) is 47.4 Å². The maximum absolute atomic E-state index is 14.4. The van der Waals surface area contributed by atoms with Crippen molar-refractivity contribution < 1.29 is 75.9 Å². The van der Waals surface area contributed by atoms with Gasteiger partial charge in [-0.2, -0.15) is 0 Å². The zero-order valence-corrected chi connectivity index (χ0v) is 41.7. The van der Waals surface area contributed by atoms with E-state index in [0.717, 1.165) is 12.0 Å². The minimum Gasteiger partial charge on any atom is -0.462 e. The number of hydrogen-bond acceptors (Lipinski definition) is 16. The molecule has 0 aromatic carbocycles. The van der Waals surface area contributed by atoms with Crippen molar-refractivity contribution in [2.45, 2.75) is 190 Å². The van der Waals surface area contributed by atoms with E-state index in [9.17, 15) is 28.5 Å². The number of esters is 1. The first-order valence-corrected chi connectivity index (χ1v) is 26.0. The van der Waals surface area contributed by atoms with Gasteiger partial charge >= 0.3 is 5.97 Å². The maximum atomic E-state index is 14.4. The van der Waals surface area contributed by atoms with Crippen LogP contribution in [0.25, 0.3) is 0 Å². The van der Waals surface area contributed by atoms with Crippen molar-refractivity contribution in [1.82, 2.24) is 0 Å². The van der Waals surface area contributed by atoms with Crippen molar-refractivity contribution in [2.24, 2.45) is 23.7 Å². The molecule has 3 N–H and O–H groups in total. The van der Waals surface area contributed by atoms with Crippen LogP contribution in [0.5, 0.6) is 0 Å². The molecule has 6 heterocycles. The van der Waals surface area contributed by atoms with Crippen LogP contribution in [-0.2, 0) is 62.0 Å². The zero-order valence-electron chi connectivity index (χ0n) is 40.9. The Balaban J connectivity index is 1.16. The number of allylic oxidation sites excluding steroid dienone is 2. The molecule has 2 bridgehead atoms. The van der Waals surface area contributed by atoms with Crippen LogP contribution >= 0.6 is 0 Å². The van der Waals surface area contributed by atoms with Gasteiger partial charge in [0.2, 0.25) is 0 Å². The van der Waals surface area contributed by atoms with E-state index < -0.39 is 124 Å². The van der Waals surface area contributed by atoms with Gasteiger partial charge in [0, 0.05) is 51.7 Å². The fourth-order valence-corrected chi connectivity index (χ4v) is 13.2. The van der Waals surface area contributed by atoms with Crippen LogP contribution in [0.2, 0.25) is 0 Å². The quantitative estimate of drug-likeness (QED) is 0.188. The molecule has 67 heavy (non-hydrogen) atoms. The van der Waals surface area contributed by atoms with E-state index >= 15 is 0 Å². The molecule has 0 saturated carbocycles. The van der Waals surface area contributed by atoms with Crippen LogP contribution in [-0.4, -0.2) is 159 Å². The number of carbonyl (C=O) groups is 1. The molecule has 16 nitrogen and oxygen atoms in total. The lowest BCUT2D eigenvalue weighted by Crippen LogP contribution is -2.58. The number of aliphatic hydroxyl groups is 3. The Labute approximate surface area is 396 Å². The maximum Gasteiger partial charge on any atom is 0.316 e. The van der Waals surface area contributed by atoms with Crippen LogP contribution in [0.15, 0.2) is 59.3 Å². The van der Waals surface area contributed by atoms with Crippen molar-refractivity contribution in [3.63, 3.8) is 0 Å². The van der Waals surface area contributed by atoms with Crippen molar-refractivity contribution in [3.8, 4) is 0 Å². The molecule has 7 aliphatic rings. The van der Waals surface area contributed by atoms with Crippen LogP contribution < -0.4 is 0 Å². The van der Waals surface area contributed by atoms with Gasteiger partial charge in [0.25, 0.3) is 0 Å². The monoisotopic (exact) mass is 964 g/mol. The lowest BCUT2D eigenvalue weighted by molar-refractivity contribution is -0.309. The van der Waals surface area contributed by atoms with Crippen molar-refractivity contribution in [2.75, 3.05) is 33.2 Å². The fourth-order valence-electron chi connectivity index (χ4n) is 11.3. The number of hydrogen-bond donors (Lipinski definition) is 3. The number of sulfone groups is 1. The summed E-state index contributed by atoms with van der Waals surface area (Å²) in [5, 5.41) is 32.2. The highest BCUT2D eigenvalue weighted by Gasteiger charge is 2.60. The number of fused-ring (bicyclic) bond motifs is 2. The molecule has 4 fully saturated rings. The standard InChI is InChI=1S/C50H76O16S/c1-11-27(2)44-30(5)17-18-49(66-44)25-36-22-35(65-49)16-15-29(4)43(28(3)13-12-14-34-26-59-47-42(52)31(6)21-37(48(53)62-36)50(34,47)54)63-40-23-38(57-9)45(32(7)60-40)64-41-24-39(58-10)46(33(8)61-41)67(55,56)20-19-51/h12-15,17-18,21,27-28,30,32-33,35-47,51-52,54H,11,16,19-20,22-26H2,1-10H3/b13-12+,29-15+,34-14+/t27?,28-,30-,32-,33-,35+,36-,37-,38-,39-,40-,41-,42+,43-,44+,45-,46-,47+,49+,50+/m0/s1. The second-order valence-electron chi connectivity index (χ2n) is 20.0. The Morgan fingerprint density at radius 2 is 1.61 bits per heavy atom. The third-order valence-electron chi connectivity index (χ3n) is 15.3. The van der Waals surface area contributed by atoms with Crippen molar-refractivity contribution >= 4 is 15.8 Å². The number of carbonyl (C=O) groups excluding carboxylic acids is 1. The summed E-state index contributed by atoms with van der Waals surface area (Å²) in [5.74, 6) is -3.11. The predicted octanol–water partition coefficient (Wildman–Crippen LogP) is 4.79. The molecule has 7 rings (SSSR count). The summed E-state index contributed by atoms with van der Waals surface area (Å²) < 4.78 is 90.0. The average Bonchev–Trinajstić information content (AvgIpc) is 3.62. The molecule has 0 amide bonds. The molecule has 6 aliphatic heterocycles. The van der Waals surface area contributed by atoms with E-state index in [1.807, 2.05) is 39.0 Å². The van der Waals surface area contributed by atoms with Crippen LogP contribution in [0.4, 0.5) is 0 Å². The molecule has 0 radical (unpaired) electrons. The largest absolute Gasteiger partial charge is 0.462 e. The van der Waals surface area contributed by atoms with E-state index in [0.29, 0.717) is 30.4 Å². The van der Waals surface area contributed by atoms with Crippen molar-refractivity contribution in [3.05, 3.63) is 59.3 Å². The SMILES string of the molecule is CCC(C)[C@H]1O[C@]2(C=C[C@@H]1C)C[C@@H]1C[C@@H](C/C=C(\C)[C@@H](O[C@H]3C[C@H](OC)[C@@H](O[C@H]4C[C@H](OC)[C@@H](S(=O)(=O)CCO)[C@H](C)O4)[C@H](C)O3)[C@@H](C)/C=C/C=C3\CO[C@@H]4[C@H](O)C(C)=C[C@@H](C(=O)O1)[C@]34O)O2. The summed E-state index contributed by atoms with van der Waals surface area (Å²) in [6.07, 6.45) is 7.40. The zero-order chi connectivity index (χ0) is 48.6. The summed E-state index contributed by atoms with van der Waals surface area (Å²) in [7, 11) is -0.647. The average molecular weight is 965 g/mol. The van der Waals surface area contributed by atoms with Crippen LogP contribution in [0.1, 0.15) is 93.9 Å². The molecule has 20 atom stereocenters. The third kappa shape index (κ3) is 10.9. The van der Waals surface area contributed by atoms with Gasteiger partial charge in [-0.25, -0.2) is 8.42 Å². The Bertz CT molecular complexity index is 2000. The van der Waals surface area contributed by atoms with E-state index in [-0.39, 0.29) is 43.3 Å². The molecule has 1 unspecified atom stereocenters. The highest BCUT2D eigenvalue weighted by Crippen LogP contribution is 2.47. The second-order valence-corrected chi connectivity index (χ2v) is 22.3. The van der Waals surface area contributed by atoms with Crippen LogP contribution in [0.3, 0.4) is 0 Å². The van der Waals surface area contributed by atoms with Gasteiger partial charge in [-0.05, 0) is 62.8 Å². The lowest BCUT2D eigenvalue weighted by atomic mass is 9.71. The Hall–Kier alpha value is -2.36. The number of aliphatic hydroxyl groups excluding tert-OH is 2. The highest BCUT2D eigenvalue weighted by atomic mass is 32.2. The Morgan fingerprint density at radius 1 is 0.910 bits per heavy atom. The minimum absolute atomic E-state index is 0.00670. The molecule has 0 aromatic rings. The molecule has 1 spiro atoms. The highest BCUT2D eigenvalue weighted by molar-refractivity contribution is 7.92. The third-order valence-corrected chi connectivity index (χ3v) is 17.5. The summed E-state index contributed by atoms with van der Waals surface area (Å²) >= 11 is 0. The second kappa shape index (κ2) is 21.6. The molecule has 17 heteroatoms. The summed E-state index contributed by atoms with van der Waals surface area (Å²) in [6, 6.07) is 0. The minimum atomic E-state index is -3.71. The van der Waals surface area contributed by atoms with E-state index in [2.05, 4.69) is 32.9 Å². The predicted molar refractivity (Wildman–Crippen MR) is 246 cm³/mol. The topological polar surface area (TPSA) is 204 Å². The van der Waals surface area contributed by atoms with Gasteiger partial charge in [0.05, 0.1) is 61.7 Å². The van der Waals surface area contributed by atoms with Gasteiger partial charge in [0.15, 0.2) is 28.2 Å². The van der Waals surface area contributed by atoms with Crippen LogP contribution in [0, 0.1) is 23.7 Å². The summed E-state index contributed by atoms with van der Waals surface area (Å²) in [4.78, 5) is 14.4. The smallest absolute Gasteiger partial charge is 0.316 e. The van der Waals surface area contributed by atoms with Gasteiger partial charge < -0.3 is 62.7 Å². The first-order valence-electron chi connectivity index (χ1n) is 24.3. The van der Waals surface area contributed by atoms with Gasteiger partial charge in [-0.1, -0.05) is 70.6 Å². The molecule has 1 aliphatic carbocycles.